The van der Waals surface area contributed by atoms with Crippen LogP contribution in [0.3, 0.4) is 0 Å². The van der Waals surface area contributed by atoms with Crippen molar-refractivity contribution in [1.82, 2.24) is 0 Å². The monoisotopic (exact) mass is 1480 g/mol. The number of esters is 4. The molecule has 0 amide bonds. The maximum atomic E-state index is 13.1. The Hall–Kier alpha value is -1.94. The minimum Gasteiger partial charge on any atom is -0.462 e. The molecule has 0 heterocycles. The van der Waals surface area contributed by atoms with Crippen LogP contribution in [0.25, 0.3) is 0 Å². The summed E-state index contributed by atoms with van der Waals surface area (Å²) < 4.78 is 68.7. The van der Waals surface area contributed by atoms with Gasteiger partial charge >= 0.3 is 39.5 Å². The van der Waals surface area contributed by atoms with E-state index in [1.165, 1.54) is 263 Å². The van der Waals surface area contributed by atoms with Crippen LogP contribution < -0.4 is 0 Å². The molecule has 0 aliphatic carbocycles. The van der Waals surface area contributed by atoms with Gasteiger partial charge in [0.2, 0.25) is 0 Å². The zero-order chi connectivity index (χ0) is 74.1. The lowest BCUT2D eigenvalue weighted by molar-refractivity contribution is -0.161. The minimum atomic E-state index is -4.96. The molecule has 0 aliphatic rings. The number of unbranched alkanes of at least 4 members (excludes halogenated alkanes) is 53. The average molecular weight is 1480 g/mol. The zero-order valence-corrected chi connectivity index (χ0v) is 67.8. The van der Waals surface area contributed by atoms with Crippen molar-refractivity contribution < 1.29 is 80.2 Å². The summed E-state index contributed by atoms with van der Waals surface area (Å²) in [5.41, 5.74) is 0. The molecule has 0 aliphatic heterocycles. The standard InChI is InChI=1S/C82H160O17P2/c1-6-10-13-16-19-22-24-26-28-29-30-31-33-39-43-48-53-58-63-68-82(87)99-78(72-93-80(85)66-61-56-51-46-41-37-35-34-36-40-45-49-54-59-64-75(5)9-4)74-97-101(90,91)95-70-76(83)69-94-100(88,89)96-73-77(71-92-79(84)65-60-55-50-44-21-18-15-12-8-3)98-81(86)67-62-57-52-47-42-38-32-27-25-23-20-17-14-11-7-2/h75-78,83H,6-74H2,1-5H3,(H,88,89)(H,90,91)/t75?,76-,77+,78+/m0/s1. The topological polar surface area (TPSA) is 237 Å². The number of ether oxygens (including phenoxy) is 4. The van der Waals surface area contributed by atoms with Gasteiger partial charge < -0.3 is 33.8 Å². The third-order valence-electron chi connectivity index (χ3n) is 19.6. The highest BCUT2D eigenvalue weighted by Gasteiger charge is 2.30. The zero-order valence-electron chi connectivity index (χ0n) is 66.1. The number of hydrogen-bond donors (Lipinski definition) is 3. The molecule has 101 heavy (non-hydrogen) atoms. The molecule has 0 fully saturated rings. The molecule has 3 unspecified atom stereocenters. The summed E-state index contributed by atoms with van der Waals surface area (Å²) in [6, 6.07) is 0. The number of aliphatic hydroxyl groups is 1. The van der Waals surface area contributed by atoms with Crippen molar-refractivity contribution in [2.24, 2.45) is 5.92 Å². The Morgan fingerprint density at radius 3 is 0.703 bits per heavy atom. The Bertz CT molecular complexity index is 1930. The molecule has 0 aromatic rings. The van der Waals surface area contributed by atoms with Crippen molar-refractivity contribution in [2.45, 2.75) is 457 Å². The first-order valence-corrected chi connectivity index (χ1v) is 45.7. The van der Waals surface area contributed by atoms with Crippen LogP contribution in [0.15, 0.2) is 0 Å². The van der Waals surface area contributed by atoms with Crippen molar-refractivity contribution in [3.8, 4) is 0 Å². The fourth-order valence-electron chi connectivity index (χ4n) is 12.7. The predicted molar refractivity (Wildman–Crippen MR) is 414 cm³/mol. The van der Waals surface area contributed by atoms with Crippen LogP contribution in [0.5, 0.6) is 0 Å². The summed E-state index contributed by atoms with van der Waals surface area (Å²) in [4.78, 5) is 73.0. The number of phosphoric ester groups is 2. The van der Waals surface area contributed by atoms with Gasteiger partial charge in [-0.3, -0.25) is 37.3 Å². The van der Waals surface area contributed by atoms with Crippen molar-refractivity contribution >= 4 is 39.5 Å². The predicted octanol–water partition coefficient (Wildman–Crippen LogP) is 24.8. The van der Waals surface area contributed by atoms with E-state index in [4.69, 9.17) is 37.0 Å². The third-order valence-corrected chi connectivity index (χ3v) is 21.5. The van der Waals surface area contributed by atoms with Gasteiger partial charge in [0.25, 0.3) is 0 Å². The molecule has 0 spiro atoms. The van der Waals surface area contributed by atoms with Crippen molar-refractivity contribution in [1.29, 1.82) is 0 Å². The van der Waals surface area contributed by atoms with Crippen LogP contribution in [-0.4, -0.2) is 96.7 Å². The van der Waals surface area contributed by atoms with E-state index in [0.717, 1.165) is 95.8 Å². The van der Waals surface area contributed by atoms with E-state index < -0.39 is 97.5 Å². The fraction of sp³-hybridized carbons (Fsp3) is 0.951. The van der Waals surface area contributed by atoms with Crippen molar-refractivity contribution in [3.63, 3.8) is 0 Å². The molecule has 19 heteroatoms. The molecule has 0 rings (SSSR count). The van der Waals surface area contributed by atoms with Crippen LogP contribution in [0.2, 0.25) is 0 Å². The summed E-state index contributed by atoms with van der Waals surface area (Å²) in [7, 11) is -9.92. The quantitative estimate of drug-likeness (QED) is 0.0222. The van der Waals surface area contributed by atoms with E-state index in [0.29, 0.717) is 25.7 Å². The second kappa shape index (κ2) is 74.9. The number of hydrogen-bond acceptors (Lipinski definition) is 15. The molecule has 0 bridgehead atoms. The molecule has 0 radical (unpaired) electrons. The summed E-state index contributed by atoms with van der Waals surface area (Å²) in [5.74, 6) is -1.25. The van der Waals surface area contributed by atoms with E-state index >= 15 is 0 Å². The third kappa shape index (κ3) is 74.7. The molecule has 17 nitrogen and oxygen atoms in total. The molecule has 0 saturated heterocycles. The van der Waals surface area contributed by atoms with E-state index in [-0.39, 0.29) is 25.7 Å². The number of phosphoric acid groups is 2. The molecular formula is C82H160O17P2. The van der Waals surface area contributed by atoms with Gasteiger partial charge in [-0.25, -0.2) is 9.13 Å². The van der Waals surface area contributed by atoms with Gasteiger partial charge in [-0.15, -0.1) is 0 Å². The SMILES string of the molecule is CCCCCCCCCCCCCCCCCCCCCC(=O)O[C@H](COC(=O)CCCCCCCCCCCCCCCCC(C)CC)COP(=O)(O)OC[C@@H](O)COP(=O)(O)OC[C@@H](COC(=O)CCCCCCCCCCC)OC(=O)CCCCCCCCCCCCCCCCC. The number of aliphatic hydroxyl groups excluding tert-OH is 1. The lowest BCUT2D eigenvalue weighted by atomic mass is 9.99. The minimum absolute atomic E-state index is 0.109. The van der Waals surface area contributed by atoms with Gasteiger partial charge in [-0.05, 0) is 31.6 Å². The maximum absolute atomic E-state index is 13.1. The summed E-state index contributed by atoms with van der Waals surface area (Å²) in [5, 5.41) is 10.6. The molecule has 0 aromatic heterocycles. The molecule has 6 atom stereocenters. The molecule has 3 N–H and O–H groups in total. The Kier molecular flexibility index (Phi) is 73.5. The van der Waals surface area contributed by atoms with Gasteiger partial charge in [-0.2, -0.15) is 0 Å². The second-order valence-electron chi connectivity index (χ2n) is 29.8. The molecule has 0 saturated carbocycles. The van der Waals surface area contributed by atoms with Gasteiger partial charge in [0.15, 0.2) is 12.2 Å². The smallest absolute Gasteiger partial charge is 0.462 e. The Labute approximate surface area is 619 Å². The summed E-state index contributed by atoms with van der Waals surface area (Å²) >= 11 is 0. The van der Waals surface area contributed by atoms with E-state index in [2.05, 4.69) is 34.6 Å². The summed E-state index contributed by atoms with van der Waals surface area (Å²) in [6.45, 7) is 7.38. The number of rotatable bonds is 82. The first kappa shape index (κ1) is 99.1. The van der Waals surface area contributed by atoms with Gasteiger partial charge in [0.05, 0.1) is 26.4 Å². The van der Waals surface area contributed by atoms with Crippen molar-refractivity contribution in [2.75, 3.05) is 39.6 Å². The second-order valence-corrected chi connectivity index (χ2v) is 32.7. The average Bonchev–Trinajstić information content (AvgIpc) is 0.925. The van der Waals surface area contributed by atoms with Crippen LogP contribution in [0.4, 0.5) is 0 Å². The first-order valence-electron chi connectivity index (χ1n) is 42.7. The number of carbonyl (C=O) groups is 4. The maximum Gasteiger partial charge on any atom is 0.472 e. The highest BCUT2D eigenvalue weighted by molar-refractivity contribution is 7.47. The molecule has 600 valence electrons. The van der Waals surface area contributed by atoms with E-state index in [1.807, 2.05) is 0 Å². The van der Waals surface area contributed by atoms with Gasteiger partial charge in [0.1, 0.15) is 19.3 Å². The van der Waals surface area contributed by atoms with E-state index in [1.54, 1.807) is 0 Å². The Balaban J connectivity index is 5.22. The Morgan fingerprint density at radius 2 is 0.475 bits per heavy atom. The molecule has 0 aromatic carbocycles. The van der Waals surface area contributed by atoms with E-state index in [9.17, 15) is 43.2 Å². The summed E-state index contributed by atoms with van der Waals surface area (Å²) in [6.07, 6.45) is 66.5. The van der Waals surface area contributed by atoms with Crippen LogP contribution >= 0.6 is 15.6 Å². The van der Waals surface area contributed by atoms with Crippen LogP contribution in [-0.2, 0) is 65.4 Å². The highest BCUT2D eigenvalue weighted by atomic mass is 31.2. The van der Waals surface area contributed by atoms with Gasteiger partial charge in [-0.1, -0.05) is 388 Å². The van der Waals surface area contributed by atoms with Gasteiger partial charge in [0, 0.05) is 25.7 Å². The van der Waals surface area contributed by atoms with Crippen LogP contribution in [0.1, 0.15) is 439 Å². The van der Waals surface area contributed by atoms with Crippen LogP contribution in [0, 0.1) is 5.92 Å². The lowest BCUT2D eigenvalue weighted by Crippen LogP contribution is -2.30. The normalized spacial score (nSPS) is 14.1. The Morgan fingerprint density at radius 1 is 0.277 bits per heavy atom. The highest BCUT2D eigenvalue weighted by Crippen LogP contribution is 2.45. The molecular weight excluding hydrogens is 1320 g/mol. The van der Waals surface area contributed by atoms with Crippen molar-refractivity contribution in [3.05, 3.63) is 0 Å². The lowest BCUT2D eigenvalue weighted by Gasteiger charge is -2.21. The largest absolute Gasteiger partial charge is 0.472 e. The first-order chi connectivity index (χ1) is 49.1. The fourth-order valence-corrected chi connectivity index (χ4v) is 14.3. The number of carbonyl (C=O) groups excluding carboxylic acids is 4.